The molecule has 1 aromatic rings. The second kappa shape index (κ2) is 7.87. The number of likely N-dealkylation sites (tertiary alicyclic amines) is 2. The van der Waals surface area contributed by atoms with Crippen molar-refractivity contribution in [1.29, 1.82) is 0 Å². The first-order chi connectivity index (χ1) is 13.0. The highest BCUT2D eigenvalue weighted by atomic mass is 16.5. The van der Waals surface area contributed by atoms with Gasteiger partial charge in [-0.3, -0.25) is 9.69 Å². The van der Waals surface area contributed by atoms with Gasteiger partial charge < -0.3 is 14.2 Å². The van der Waals surface area contributed by atoms with Crippen molar-refractivity contribution in [3.63, 3.8) is 0 Å². The van der Waals surface area contributed by atoms with Gasteiger partial charge in [0.15, 0.2) is 0 Å². The van der Waals surface area contributed by atoms with Crippen LogP contribution < -0.4 is 0 Å². The van der Waals surface area contributed by atoms with Crippen LogP contribution >= 0.6 is 0 Å². The molecule has 3 fully saturated rings. The molecule has 3 saturated heterocycles. The fraction of sp³-hybridized carbons (Fsp3) is 0.850. The lowest BCUT2D eigenvalue weighted by Crippen LogP contribution is -2.52. The molecule has 150 valence electrons. The van der Waals surface area contributed by atoms with Crippen LogP contribution in [0.25, 0.3) is 0 Å². The molecular formula is C20H33N5O2. The van der Waals surface area contributed by atoms with Crippen molar-refractivity contribution in [3.8, 4) is 0 Å². The lowest BCUT2D eigenvalue weighted by molar-refractivity contribution is -0.141. The minimum Gasteiger partial charge on any atom is -0.376 e. The van der Waals surface area contributed by atoms with E-state index in [-0.39, 0.29) is 6.10 Å². The molecule has 0 saturated carbocycles. The number of piperidine rings is 2. The number of hydrogen-bond donors (Lipinski definition) is 0. The van der Waals surface area contributed by atoms with Crippen LogP contribution in [0.15, 0.2) is 6.33 Å². The van der Waals surface area contributed by atoms with Crippen molar-refractivity contribution in [1.82, 2.24) is 24.6 Å². The summed E-state index contributed by atoms with van der Waals surface area (Å²) in [5, 5.41) is 8.41. The average Bonchev–Trinajstić information content (AvgIpc) is 3.32. The highest BCUT2D eigenvalue weighted by Gasteiger charge is 2.41. The van der Waals surface area contributed by atoms with Crippen LogP contribution in [0.5, 0.6) is 0 Å². The van der Waals surface area contributed by atoms with Crippen LogP contribution in [0.1, 0.15) is 64.2 Å². The number of amides is 1. The maximum absolute atomic E-state index is 12.4. The predicted octanol–water partition coefficient (Wildman–Crippen LogP) is 2.24. The number of rotatable bonds is 5. The molecule has 27 heavy (non-hydrogen) atoms. The van der Waals surface area contributed by atoms with Crippen molar-refractivity contribution >= 4 is 5.91 Å². The van der Waals surface area contributed by atoms with E-state index in [2.05, 4.69) is 38.4 Å². The molecule has 0 aliphatic carbocycles. The lowest BCUT2D eigenvalue weighted by Gasteiger charge is -2.47. The monoisotopic (exact) mass is 375 g/mol. The van der Waals surface area contributed by atoms with Gasteiger partial charge in [0, 0.05) is 32.2 Å². The second-order valence-electron chi connectivity index (χ2n) is 8.93. The maximum atomic E-state index is 12.4. The van der Waals surface area contributed by atoms with Crippen LogP contribution in [-0.2, 0) is 16.1 Å². The quantitative estimate of drug-likeness (QED) is 0.790. The summed E-state index contributed by atoms with van der Waals surface area (Å²) in [6.45, 7) is 9.92. The molecule has 0 unspecified atom stereocenters. The number of ether oxygens (including phenoxy) is 1. The zero-order valence-electron chi connectivity index (χ0n) is 16.8. The number of nitrogens with zero attached hydrogens (tertiary/aromatic N) is 5. The van der Waals surface area contributed by atoms with Gasteiger partial charge in [0.1, 0.15) is 12.2 Å². The van der Waals surface area contributed by atoms with Crippen LogP contribution in [0, 0.1) is 5.41 Å². The summed E-state index contributed by atoms with van der Waals surface area (Å²) in [5.41, 5.74) is 0.300. The van der Waals surface area contributed by atoms with Crippen molar-refractivity contribution in [3.05, 3.63) is 12.2 Å². The molecule has 0 aromatic carbocycles. The predicted molar refractivity (Wildman–Crippen MR) is 102 cm³/mol. The summed E-state index contributed by atoms with van der Waals surface area (Å²) in [6, 6.07) is 0.391. The van der Waals surface area contributed by atoms with Gasteiger partial charge in [-0.25, -0.2) is 0 Å². The summed E-state index contributed by atoms with van der Waals surface area (Å²) >= 11 is 0. The van der Waals surface area contributed by atoms with E-state index < -0.39 is 0 Å². The topological polar surface area (TPSA) is 63.5 Å². The zero-order valence-corrected chi connectivity index (χ0v) is 16.8. The molecule has 3 aliphatic rings. The van der Waals surface area contributed by atoms with Gasteiger partial charge >= 0.3 is 0 Å². The van der Waals surface area contributed by atoms with E-state index in [0.717, 1.165) is 77.3 Å². The Morgan fingerprint density at radius 3 is 2.81 bits per heavy atom. The minimum absolute atomic E-state index is 0.256. The third-order valence-electron chi connectivity index (χ3n) is 6.68. The van der Waals surface area contributed by atoms with E-state index in [0.29, 0.717) is 23.8 Å². The van der Waals surface area contributed by atoms with Crippen LogP contribution in [0.2, 0.25) is 0 Å². The van der Waals surface area contributed by atoms with Crippen LogP contribution in [0.4, 0.5) is 0 Å². The summed E-state index contributed by atoms with van der Waals surface area (Å²) in [5.74, 6) is 1.38. The molecule has 1 atom stereocenters. The Labute approximate surface area is 162 Å². The van der Waals surface area contributed by atoms with E-state index in [1.54, 1.807) is 0 Å². The second-order valence-corrected chi connectivity index (χ2v) is 8.93. The summed E-state index contributed by atoms with van der Waals surface area (Å²) in [7, 11) is 0. The van der Waals surface area contributed by atoms with Gasteiger partial charge in [-0.15, -0.1) is 10.2 Å². The van der Waals surface area contributed by atoms with E-state index in [4.69, 9.17) is 4.74 Å². The Morgan fingerprint density at radius 1 is 1.30 bits per heavy atom. The van der Waals surface area contributed by atoms with Crippen molar-refractivity contribution in [2.45, 2.75) is 71.1 Å². The van der Waals surface area contributed by atoms with Gasteiger partial charge in [-0.05, 0) is 64.5 Å². The highest BCUT2D eigenvalue weighted by Crippen LogP contribution is 2.40. The van der Waals surface area contributed by atoms with Gasteiger partial charge in [0.25, 0.3) is 0 Å². The fourth-order valence-electron chi connectivity index (χ4n) is 4.91. The van der Waals surface area contributed by atoms with Gasteiger partial charge in [-0.2, -0.15) is 0 Å². The Bertz CT molecular complexity index is 645. The largest absolute Gasteiger partial charge is 0.376 e. The van der Waals surface area contributed by atoms with E-state index >= 15 is 0 Å². The molecule has 0 radical (unpaired) electrons. The Kier molecular flexibility index (Phi) is 5.50. The van der Waals surface area contributed by atoms with Crippen molar-refractivity contribution < 1.29 is 9.53 Å². The molecule has 4 rings (SSSR count). The molecular weight excluding hydrogens is 342 g/mol. The van der Waals surface area contributed by atoms with Crippen LogP contribution in [-0.4, -0.2) is 69.4 Å². The van der Waals surface area contributed by atoms with Gasteiger partial charge in [0.05, 0.1) is 12.6 Å². The molecule has 3 aliphatic heterocycles. The normalized spacial score (nSPS) is 26.4. The summed E-state index contributed by atoms with van der Waals surface area (Å²) in [4.78, 5) is 17.0. The first-order valence-electron chi connectivity index (χ1n) is 10.5. The Hall–Kier alpha value is -1.47. The SMILES string of the molecule is CC(C)n1cnnc1CN1CCC2(CCC(=O)N(C[C@H]3CCCO3)C2)CC1. The third kappa shape index (κ3) is 4.19. The number of carbonyl (C=O) groups is 1. The standard InChI is InChI=1S/C20H33N5O2/c1-16(2)25-15-21-22-18(25)13-23-9-7-20(8-10-23)6-5-19(26)24(14-20)12-17-4-3-11-27-17/h15-17H,3-14H2,1-2H3/t17-/m1/s1. The molecule has 7 nitrogen and oxygen atoms in total. The molecule has 1 spiro atoms. The summed E-state index contributed by atoms with van der Waals surface area (Å²) < 4.78 is 7.93. The van der Waals surface area contributed by atoms with Crippen molar-refractivity contribution in [2.75, 3.05) is 32.8 Å². The molecule has 1 aromatic heterocycles. The smallest absolute Gasteiger partial charge is 0.222 e. The molecule has 1 amide bonds. The Morgan fingerprint density at radius 2 is 2.11 bits per heavy atom. The van der Waals surface area contributed by atoms with E-state index in [1.807, 2.05) is 6.33 Å². The molecule has 0 bridgehead atoms. The summed E-state index contributed by atoms with van der Waals surface area (Å²) in [6.07, 6.45) is 8.40. The third-order valence-corrected chi connectivity index (χ3v) is 6.68. The number of aromatic nitrogens is 3. The maximum Gasteiger partial charge on any atom is 0.222 e. The van der Waals surface area contributed by atoms with E-state index in [1.165, 1.54) is 0 Å². The molecule has 0 N–H and O–H groups in total. The average molecular weight is 376 g/mol. The van der Waals surface area contributed by atoms with Crippen molar-refractivity contribution in [2.24, 2.45) is 5.41 Å². The fourth-order valence-corrected chi connectivity index (χ4v) is 4.91. The molecule has 4 heterocycles. The van der Waals surface area contributed by atoms with E-state index in [9.17, 15) is 4.79 Å². The first-order valence-corrected chi connectivity index (χ1v) is 10.5. The number of hydrogen-bond acceptors (Lipinski definition) is 5. The van der Waals surface area contributed by atoms with Gasteiger partial charge in [0.2, 0.25) is 5.91 Å². The zero-order chi connectivity index (χ0) is 18.9. The highest BCUT2D eigenvalue weighted by molar-refractivity contribution is 5.77. The Balaban J connectivity index is 1.33. The minimum atomic E-state index is 0.256. The number of carbonyl (C=O) groups excluding carboxylic acids is 1. The lowest BCUT2D eigenvalue weighted by atomic mass is 9.72. The first kappa shape index (κ1) is 18.9. The molecule has 7 heteroatoms. The van der Waals surface area contributed by atoms with Gasteiger partial charge in [-0.1, -0.05) is 0 Å². The van der Waals surface area contributed by atoms with Crippen LogP contribution in [0.3, 0.4) is 0 Å².